The summed E-state index contributed by atoms with van der Waals surface area (Å²) in [5.74, 6) is 0. The fourth-order valence-electron chi connectivity index (χ4n) is 1.91. The molecule has 1 aromatic rings. The molecule has 8 heteroatoms. The molecule has 0 aliphatic heterocycles. The Morgan fingerprint density at radius 3 is 2.24 bits per heavy atom. The molecule has 0 aliphatic carbocycles. The Labute approximate surface area is 122 Å². The number of aryl methyl sites for hydroxylation is 1. The summed E-state index contributed by atoms with van der Waals surface area (Å²) in [5, 5.41) is 0. The fraction of sp³-hybridized carbons (Fsp3) is 0.538. The van der Waals surface area contributed by atoms with Crippen LogP contribution < -0.4 is 5.73 Å². The maximum absolute atomic E-state index is 12.6. The molecule has 1 aromatic carbocycles. The predicted octanol–water partition coefficient (Wildman–Crippen LogP) is 2.79. The number of nitrogens with two attached hydrogens (primary N) is 1. The van der Waals surface area contributed by atoms with Gasteiger partial charge in [-0.25, -0.2) is 8.42 Å². The van der Waals surface area contributed by atoms with E-state index in [0.717, 1.165) is 5.56 Å². The molecule has 0 saturated carbocycles. The largest absolute Gasteiger partial charge is 0.402 e. The van der Waals surface area contributed by atoms with E-state index in [1.165, 1.54) is 32.0 Å². The van der Waals surface area contributed by atoms with Crippen LogP contribution in [0.1, 0.15) is 26.3 Å². The van der Waals surface area contributed by atoms with E-state index < -0.39 is 28.8 Å². The molecule has 0 atom stereocenters. The second-order valence-electron chi connectivity index (χ2n) is 4.97. The van der Waals surface area contributed by atoms with Crippen molar-refractivity contribution in [1.82, 2.24) is 4.31 Å². The lowest BCUT2D eigenvalue weighted by Crippen LogP contribution is -2.43. The third kappa shape index (κ3) is 4.34. The van der Waals surface area contributed by atoms with E-state index in [-0.39, 0.29) is 10.6 Å². The van der Waals surface area contributed by atoms with E-state index in [9.17, 15) is 21.6 Å². The number of rotatable bonds is 5. The molecule has 21 heavy (non-hydrogen) atoms. The summed E-state index contributed by atoms with van der Waals surface area (Å²) in [6.45, 7) is 3.12. The molecule has 0 saturated heterocycles. The minimum atomic E-state index is -4.60. The lowest BCUT2D eigenvalue weighted by Gasteiger charge is -2.27. The van der Waals surface area contributed by atoms with Crippen LogP contribution in [0.15, 0.2) is 23.1 Å². The topological polar surface area (TPSA) is 63.4 Å². The van der Waals surface area contributed by atoms with Gasteiger partial charge < -0.3 is 5.73 Å². The van der Waals surface area contributed by atoms with Crippen LogP contribution in [-0.4, -0.2) is 31.5 Å². The molecule has 0 aromatic heterocycles. The zero-order valence-corrected chi connectivity index (χ0v) is 12.9. The van der Waals surface area contributed by atoms with E-state index in [4.69, 9.17) is 5.73 Å². The Kier molecular flexibility index (Phi) is 5.27. The first-order valence-electron chi connectivity index (χ1n) is 6.46. The number of sulfonamides is 1. The molecule has 2 N–H and O–H groups in total. The van der Waals surface area contributed by atoms with E-state index >= 15 is 0 Å². The molecular weight excluding hydrogens is 305 g/mol. The van der Waals surface area contributed by atoms with E-state index in [2.05, 4.69) is 0 Å². The molecule has 0 bridgehead atoms. The van der Waals surface area contributed by atoms with E-state index in [1.807, 2.05) is 6.92 Å². The van der Waals surface area contributed by atoms with Crippen LogP contribution in [0.5, 0.6) is 0 Å². The first kappa shape index (κ1) is 17.8. The van der Waals surface area contributed by atoms with E-state index in [1.54, 1.807) is 0 Å². The summed E-state index contributed by atoms with van der Waals surface area (Å²) in [6, 6.07) is 3.20. The molecule has 0 unspecified atom stereocenters. The zero-order valence-electron chi connectivity index (χ0n) is 12.1. The number of hydrogen-bond acceptors (Lipinski definition) is 3. The average Bonchev–Trinajstić information content (AvgIpc) is 2.34. The summed E-state index contributed by atoms with van der Waals surface area (Å²) in [5.41, 5.74) is 6.74. The van der Waals surface area contributed by atoms with Gasteiger partial charge in [-0.3, -0.25) is 0 Å². The van der Waals surface area contributed by atoms with Gasteiger partial charge in [0.2, 0.25) is 10.0 Å². The Morgan fingerprint density at radius 2 is 1.86 bits per heavy atom. The van der Waals surface area contributed by atoms with Crippen molar-refractivity contribution in [2.24, 2.45) is 0 Å². The molecule has 120 valence electrons. The van der Waals surface area contributed by atoms with Gasteiger partial charge in [0.1, 0.15) is 6.54 Å². The quantitative estimate of drug-likeness (QED) is 0.847. The maximum Gasteiger partial charge on any atom is 0.402 e. The molecule has 0 radical (unpaired) electrons. The first-order chi connectivity index (χ1) is 9.49. The van der Waals surface area contributed by atoms with Crippen LogP contribution in [-0.2, 0) is 16.4 Å². The number of nitrogen functional groups attached to an aromatic ring is 1. The van der Waals surface area contributed by atoms with Gasteiger partial charge in [0.05, 0.1) is 4.90 Å². The highest BCUT2D eigenvalue weighted by Gasteiger charge is 2.38. The Bertz CT molecular complexity index is 598. The molecule has 1 rings (SSSR count). The van der Waals surface area contributed by atoms with E-state index in [0.29, 0.717) is 10.7 Å². The van der Waals surface area contributed by atoms with Crippen molar-refractivity contribution in [3.63, 3.8) is 0 Å². The van der Waals surface area contributed by atoms with Crippen molar-refractivity contribution < 1.29 is 21.6 Å². The number of halogens is 3. The lowest BCUT2D eigenvalue weighted by molar-refractivity contribution is -0.138. The summed E-state index contributed by atoms with van der Waals surface area (Å²) in [6.07, 6.45) is -3.99. The zero-order chi connectivity index (χ0) is 16.4. The normalized spacial score (nSPS) is 13.1. The van der Waals surface area contributed by atoms with Crippen LogP contribution in [0, 0.1) is 0 Å². The Balaban J connectivity index is 3.26. The average molecular weight is 324 g/mol. The first-order valence-corrected chi connectivity index (χ1v) is 7.90. The van der Waals surface area contributed by atoms with Crippen LogP contribution in [0.4, 0.5) is 18.9 Å². The van der Waals surface area contributed by atoms with Crippen molar-refractivity contribution in [3.8, 4) is 0 Å². The maximum atomic E-state index is 12.6. The second kappa shape index (κ2) is 6.23. The van der Waals surface area contributed by atoms with Gasteiger partial charge in [0, 0.05) is 11.7 Å². The molecule has 4 nitrogen and oxygen atoms in total. The number of nitrogens with zero attached hydrogens (tertiary/aromatic N) is 1. The summed E-state index contributed by atoms with van der Waals surface area (Å²) >= 11 is 0. The number of hydrogen-bond donors (Lipinski definition) is 1. The van der Waals surface area contributed by atoms with Crippen LogP contribution >= 0.6 is 0 Å². The number of benzene rings is 1. The third-order valence-corrected chi connectivity index (χ3v) is 5.03. The van der Waals surface area contributed by atoms with Gasteiger partial charge in [-0.15, -0.1) is 0 Å². The van der Waals surface area contributed by atoms with Gasteiger partial charge in [-0.05, 0) is 38.0 Å². The van der Waals surface area contributed by atoms with Crippen molar-refractivity contribution in [2.75, 3.05) is 12.3 Å². The smallest absolute Gasteiger partial charge is 0.398 e. The Hall–Kier alpha value is -1.28. The third-order valence-electron chi connectivity index (χ3n) is 3.02. The summed E-state index contributed by atoms with van der Waals surface area (Å²) < 4.78 is 62.9. The highest BCUT2D eigenvalue weighted by Crippen LogP contribution is 2.26. The van der Waals surface area contributed by atoms with Crippen molar-refractivity contribution in [1.29, 1.82) is 0 Å². The lowest BCUT2D eigenvalue weighted by atomic mass is 10.1. The minimum Gasteiger partial charge on any atom is -0.398 e. The van der Waals surface area contributed by atoms with Crippen molar-refractivity contribution in [3.05, 3.63) is 23.8 Å². The standard InChI is InChI=1S/C13H19F3N2O2S/c1-4-10-5-6-11(7-12(10)17)21(19,20)18(9(2)3)8-13(14,15)16/h5-7,9H,4,8,17H2,1-3H3. The monoisotopic (exact) mass is 324 g/mol. The van der Waals surface area contributed by atoms with Gasteiger partial charge >= 0.3 is 6.18 Å². The van der Waals surface area contributed by atoms with Gasteiger partial charge in [-0.2, -0.15) is 17.5 Å². The highest BCUT2D eigenvalue weighted by atomic mass is 32.2. The number of alkyl halides is 3. The minimum absolute atomic E-state index is 0.227. The SMILES string of the molecule is CCc1ccc(S(=O)(=O)N(CC(F)(F)F)C(C)C)cc1N. The number of anilines is 1. The van der Waals surface area contributed by atoms with Gasteiger partial charge in [0.25, 0.3) is 0 Å². The van der Waals surface area contributed by atoms with Crippen molar-refractivity contribution in [2.45, 2.75) is 44.3 Å². The molecular formula is C13H19F3N2O2S. The van der Waals surface area contributed by atoms with Crippen LogP contribution in [0.2, 0.25) is 0 Å². The summed E-state index contributed by atoms with van der Waals surface area (Å²) in [4.78, 5) is -0.227. The van der Waals surface area contributed by atoms with Crippen LogP contribution in [0.3, 0.4) is 0 Å². The molecule has 0 amide bonds. The predicted molar refractivity (Wildman–Crippen MR) is 75.3 cm³/mol. The molecule has 0 fully saturated rings. The van der Waals surface area contributed by atoms with Crippen LogP contribution in [0.25, 0.3) is 0 Å². The fourth-order valence-corrected chi connectivity index (χ4v) is 3.57. The Morgan fingerprint density at radius 1 is 1.29 bits per heavy atom. The van der Waals surface area contributed by atoms with Gasteiger partial charge in [0.15, 0.2) is 0 Å². The highest BCUT2D eigenvalue weighted by molar-refractivity contribution is 7.89. The van der Waals surface area contributed by atoms with Crippen molar-refractivity contribution >= 4 is 15.7 Å². The second-order valence-corrected chi connectivity index (χ2v) is 6.86. The molecule has 0 spiro atoms. The van der Waals surface area contributed by atoms with Gasteiger partial charge in [-0.1, -0.05) is 13.0 Å². The molecule has 0 heterocycles. The summed E-state index contributed by atoms with van der Waals surface area (Å²) in [7, 11) is -4.25. The molecule has 0 aliphatic rings.